The quantitative estimate of drug-likeness (QED) is 0.262. The first kappa shape index (κ1) is 26.0. The fourth-order valence-corrected chi connectivity index (χ4v) is 4.64. The van der Waals surface area contributed by atoms with Crippen LogP contribution < -0.4 is 19.1 Å². The number of alkyl halides is 3. The third kappa shape index (κ3) is 5.67. The zero-order valence-corrected chi connectivity index (χ0v) is 20.9. The first-order valence-corrected chi connectivity index (χ1v) is 11.7. The Labute approximate surface area is 214 Å². The van der Waals surface area contributed by atoms with E-state index in [1.165, 1.54) is 38.4 Å². The van der Waals surface area contributed by atoms with E-state index in [1.807, 2.05) is 0 Å². The minimum Gasteiger partial charge on any atom is -0.493 e. The first-order chi connectivity index (χ1) is 17.7. The van der Waals surface area contributed by atoms with Crippen molar-refractivity contribution in [2.75, 3.05) is 26.2 Å². The smallest absolute Gasteiger partial charge is 0.418 e. The second kappa shape index (κ2) is 10.9. The van der Waals surface area contributed by atoms with Crippen LogP contribution in [0.4, 0.5) is 18.3 Å². The molecule has 0 spiro atoms. The van der Waals surface area contributed by atoms with Crippen LogP contribution in [0, 0.1) is 0 Å². The molecule has 0 saturated carbocycles. The van der Waals surface area contributed by atoms with Gasteiger partial charge in [-0.1, -0.05) is 17.4 Å². The van der Waals surface area contributed by atoms with Crippen LogP contribution in [-0.4, -0.2) is 37.2 Å². The van der Waals surface area contributed by atoms with E-state index in [9.17, 15) is 18.0 Å². The second-order valence-corrected chi connectivity index (χ2v) is 8.73. The first-order valence-electron chi connectivity index (χ1n) is 10.9. The van der Waals surface area contributed by atoms with Gasteiger partial charge in [-0.3, -0.25) is 14.7 Å². The van der Waals surface area contributed by atoms with Crippen molar-refractivity contribution in [3.8, 4) is 17.2 Å². The summed E-state index contributed by atoms with van der Waals surface area (Å²) in [5.74, 6) is 0.753. The van der Waals surface area contributed by atoms with E-state index in [0.717, 1.165) is 23.0 Å². The molecule has 0 bridgehead atoms. The molecule has 0 N–H and O–H groups in total. The second-order valence-electron chi connectivity index (χ2n) is 7.72. The summed E-state index contributed by atoms with van der Waals surface area (Å²) in [6, 6.07) is 10.6. The molecular formula is C26H22F3N3O4S. The molecule has 0 unspecified atom stereocenters. The third-order valence-electron chi connectivity index (χ3n) is 5.41. The lowest BCUT2D eigenvalue weighted by atomic mass is 10.1. The molecule has 0 saturated heterocycles. The van der Waals surface area contributed by atoms with Crippen LogP contribution in [0.2, 0.25) is 0 Å². The van der Waals surface area contributed by atoms with E-state index in [2.05, 4.69) is 9.97 Å². The number of hydrogen-bond acceptors (Lipinski definition) is 7. The molecule has 1 amide bonds. The fraction of sp³-hybridized carbons (Fsp3) is 0.192. The minimum absolute atomic E-state index is 0.0854. The summed E-state index contributed by atoms with van der Waals surface area (Å²) in [6.07, 6.45) is 1.45. The highest BCUT2D eigenvalue weighted by Gasteiger charge is 2.34. The number of amides is 1. The van der Waals surface area contributed by atoms with E-state index in [0.29, 0.717) is 27.5 Å². The van der Waals surface area contributed by atoms with Crippen LogP contribution in [0.25, 0.3) is 16.3 Å². The molecule has 11 heteroatoms. The van der Waals surface area contributed by atoms with Crippen molar-refractivity contribution >= 4 is 38.7 Å². The molecule has 0 aliphatic heterocycles. The van der Waals surface area contributed by atoms with Crippen molar-refractivity contribution in [1.29, 1.82) is 0 Å². The zero-order chi connectivity index (χ0) is 26.6. The van der Waals surface area contributed by atoms with Gasteiger partial charge in [0.05, 0.1) is 43.7 Å². The van der Waals surface area contributed by atoms with E-state index in [1.54, 1.807) is 48.8 Å². The Bertz CT molecular complexity index is 1410. The van der Waals surface area contributed by atoms with Crippen molar-refractivity contribution in [1.82, 2.24) is 9.97 Å². The number of carbonyl (C=O) groups is 1. The maximum atomic E-state index is 13.6. The van der Waals surface area contributed by atoms with E-state index in [4.69, 9.17) is 14.2 Å². The number of methoxy groups -OCH3 is 3. The van der Waals surface area contributed by atoms with Gasteiger partial charge < -0.3 is 14.2 Å². The molecule has 4 aromatic rings. The molecule has 0 aliphatic rings. The summed E-state index contributed by atoms with van der Waals surface area (Å²) < 4.78 is 57.0. The predicted octanol–water partition coefficient (Wildman–Crippen LogP) is 5.98. The number of thiazole rings is 1. The maximum Gasteiger partial charge on any atom is 0.418 e. The lowest BCUT2D eigenvalue weighted by molar-refractivity contribution is -0.136. The predicted molar refractivity (Wildman–Crippen MR) is 135 cm³/mol. The Morgan fingerprint density at radius 1 is 1.03 bits per heavy atom. The summed E-state index contributed by atoms with van der Waals surface area (Å²) in [5, 5.41) is 0.142. The Hall–Kier alpha value is -4.12. The third-order valence-corrected chi connectivity index (χ3v) is 6.45. The van der Waals surface area contributed by atoms with Crippen molar-refractivity contribution in [3.05, 3.63) is 77.6 Å². The molecular weight excluding hydrogens is 507 g/mol. The number of hydrogen-bond donors (Lipinski definition) is 0. The Morgan fingerprint density at radius 3 is 2.30 bits per heavy atom. The van der Waals surface area contributed by atoms with Crippen LogP contribution in [0.1, 0.15) is 16.7 Å². The summed E-state index contributed by atoms with van der Waals surface area (Å²) in [6.45, 7) is 0.0854. The largest absolute Gasteiger partial charge is 0.493 e. The Kier molecular flexibility index (Phi) is 7.63. The average molecular weight is 530 g/mol. The zero-order valence-electron chi connectivity index (χ0n) is 20.1. The fourth-order valence-electron chi connectivity index (χ4n) is 3.65. The molecule has 2 aromatic carbocycles. The summed E-state index contributed by atoms with van der Waals surface area (Å²) in [4.78, 5) is 22.9. The number of benzene rings is 2. The van der Waals surface area contributed by atoms with Gasteiger partial charge in [-0.2, -0.15) is 13.2 Å². The molecule has 4 rings (SSSR count). The van der Waals surface area contributed by atoms with Crippen LogP contribution in [0.3, 0.4) is 0 Å². The van der Waals surface area contributed by atoms with Gasteiger partial charge in [-0.05, 0) is 53.6 Å². The number of anilines is 1. The summed E-state index contributed by atoms with van der Waals surface area (Å²) >= 11 is 1.01. The molecule has 7 nitrogen and oxygen atoms in total. The molecule has 0 atom stereocenters. The summed E-state index contributed by atoms with van der Waals surface area (Å²) in [5.41, 5.74) is 0.281. The van der Waals surface area contributed by atoms with Gasteiger partial charge in [0.2, 0.25) is 5.75 Å². The van der Waals surface area contributed by atoms with Gasteiger partial charge in [-0.15, -0.1) is 0 Å². The van der Waals surface area contributed by atoms with Crippen LogP contribution in [-0.2, 0) is 17.5 Å². The topological polar surface area (TPSA) is 73.8 Å². The number of para-hydroxylation sites is 1. The maximum absolute atomic E-state index is 13.6. The van der Waals surface area contributed by atoms with Gasteiger partial charge in [0, 0.05) is 18.5 Å². The van der Waals surface area contributed by atoms with Crippen LogP contribution >= 0.6 is 11.3 Å². The van der Waals surface area contributed by atoms with E-state index < -0.39 is 17.6 Å². The number of ether oxygens (including phenoxy) is 3. The van der Waals surface area contributed by atoms with Crippen LogP contribution in [0.5, 0.6) is 17.2 Å². The van der Waals surface area contributed by atoms with Crippen molar-refractivity contribution in [2.45, 2.75) is 12.7 Å². The number of rotatable bonds is 8. The number of fused-ring (bicyclic) bond motifs is 1. The Morgan fingerprint density at radius 2 is 1.70 bits per heavy atom. The van der Waals surface area contributed by atoms with Gasteiger partial charge in [0.15, 0.2) is 16.6 Å². The molecule has 0 aliphatic carbocycles. The standard InChI is InChI=1S/C26H22F3N3O4S/c1-34-19-13-17(14-20(35-2)24(19)36-3)7-8-22(33)32(15-16-9-11-30-12-10-16)25-31-23-18(26(27,28)29)5-4-6-21(23)37-25/h4-14H,15H2,1-3H3/b8-7+. The van der Waals surface area contributed by atoms with Crippen molar-refractivity contribution in [2.24, 2.45) is 0 Å². The van der Waals surface area contributed by atoms with E-state index >= 15 is 0 Å². The van der Waals surface area contributed by atoms with Crippen molar-refractivity contribution in [3.63, 3.8) is 0 Å². The number of halogens is 3. The monoisotopic (exact) mass is 529 g/mol. The molecule has 37 heavy (non-hydrogen) atoms. The lowest BCUT2D eigenvalue weighted by Gasteiger charge is -2.18. The SMILES string of the molecule is COc1cc(/C=C/C(=O)N(Cc2ccncc2)c2nc3c(C(F)(F)F)cccc3s2)cc(OC)c1OC. The number of aromatic nitrogens is 2. The molecule has 192 valence electrons. The average Bonchev–Trinajstić information content (AvgIpc) is 3.33. The highest BCUT2D eigenvalue weighted by molar-refractivity contribution is 7.22. The Balaban J connectivity index is 1.73. The van der Waals surface area contributed by atoms with E-state index in [-0.39, 0.29) is 17.2 Å². The van der Waals surface area contributed by atoms with Gasteiger partial charge in [0.1, 0.15) is 0 Å². The molecule has 2 aromatic heterocycles. The highest BCUT2D eigenvalue weighted by atomic mass is 32.1. The van der Waals surface area contributed by atoms with Gasteiger partial charge >= 0.3 is 6.18 Å². The highest BCUT2D eigenvalue weighted by Crippen LogP contribution is 2.40. The number of nitrogens with zero attached hydrogens (tertiary/aromatic N) is 3. The molecule has 0 fully saturated rings. The van der Waals surface area contributed by atoms with Crippen molar-refractivity contribution < 1.29 is 32.2 Å². The minimum atomic E-state index is -4.57. The number of carbonyl (C=O) groups excluding carboxylic acids is 1. The van der Waals surface area contributed by atoms with Gasteiger partial charge in [0.25, 0.3) is 5.91 Å². The normalized spacial score (nSPS) is 11.6. The van der Waals surface area contributed by atoms with Gasteiger partial charge in [-0.25, -0.2) is 4.98 Å². The lowest BCUT2D eigenvalue weighted by Crippen LogP contribution is -2.28. The summed E-state index contributed by atoms with van der Waals surface area (Å²) in [7, 11) is 4.45. The number of pyridine rings is 1. The van der Waals surface area contributed by atoms with Crippen LogP contribution in [0.15, 0.2) is 60.9 Å². The molecule has 2 heterocycles. The molecule has 0 radical (unpaired) electrons.